The Morgan fingerprint density at radius 1 is 1.07 bits per heavy atom. The lowest BCUT2D eigenvalue weighted by atomic mass is 10.2. The van der Waals surface area contributed by atoms with Gasteiger partial charge in [-0.25, -0.2) is 14.4 Å². The molecule has 0 saturated carbocycles. The average molecular weight is 378 g/mol. The van der Waals surface area contributed by atoms with Crippen LogP contribution in [-0.2, 0) is 6.54 Å². The quantitative estimate of drug-likeness (QED) is 0.484. The van der Waals surface area contributed by atoms with E-state index in [1.54, 1.807) is 29.2 Å². The number of para-hydroxylation sites is 2. The third-order valence-electron chi connectivity index (χ3n) is 4.40. The summed E-state index contributed by atoms with van der Waals surface area (Å²) in [5.41, 5.74) is 3.21. The molecular weight excluding hydrogens is 363 g/mol. The predicted octanol–water partition coefficient (Wildman–Crippen LogP) is 2.07. The molecule has 0 atom stereocenters. The highest BCUT2D eigenvalue weighted by Crippen LogP contribution is 2.24. The second kappa shape index (κ2) is 6.71. The second-order valence-corrected chi connectivity index (χ2v) is 6.14. The monoisotopic (exact) mass is 378 g/mol. The van der Waals surface area contributed by atoms with Crippen LogP contribution < -0.4 is 4.52 Å². The second-order valence-electron chi connectivity index (χ2n) is 6.14. The number of hydrogen-bond acceptors (Lipinski definition) is 5. The van der Waals surface area contributed by atoms with E-state index < -0.39 is 0 Å². The maximum Gasteiger partial charge on any atom is 0.361 e. The van der Waals surface area contributed by atoms with E-state index in [2.05, 4.69) is 10.2 Å². The molecule has 0 aliphatic rings. The third-order valence-corrected chi connectivity index (χ3v) is 4.40. The third kappa shape index (κ3) is 2.74. The van der Waals surface area contributed by atoms with Gasteiger partial charge in [0.1, 0.15) is 22.2 Å². The molecule has 140 valence electrons. The predicted molar refractivity (Wildman–Crippen MR) is 96.9 cm³/mol. The smallest absolute Gasteiger partial charge is 0.361 e. The molecule has 0 fully saturated rings. The summed E-state index contributed by atoms with van der Waals surface area (Å²) in [6.07, 6.45) is 5.21. The van der Waals surface area contributed by atoms with Crippen LogP contribution in [-0.4, -0.2) is 35.0 Å². The fraction of sp³-hybridized carbons (Fsp3) is 0.0526. The van der Waals surface area contributed by atoms with Gasteiger partial charge in [0.2, 0.25) is 0 Å². The van der Waals surface area contributed by atoms with E-state index in [1.807, 2.05) is 35.0 Å². The Kier molecular flexibility index (Phi) is 4.21. The van der Waals surface area contributed by atoms with Gasteiger partial charge in [-0.3, -0.25) is 0 Å². The van der Waals surface area contributed by atoms with Crippen molar-refractivity contribution in [3.8, 4) is 11.6 Å². The van der Waals surface area contributed by atoms with Gasteiger partial charge >= 0.3 is 5.88 Å². The van der Waals surface area contributed by atoms with E-state index in [9.17, 15) is 9.50 Å². The molecule has 0 unspecified atom stereocenters. The lowest BCUT2D eigenvalue weighted by molar-refractivity contribution is -0.556. The number of imidazole rings is 1. The van der Waals surface area contributed by atoms with Gasteiger partial charge in [0.15, 0.2) is 11.2 Å². The minimum Gasteiger partial charge on any atom is -0.870 e. The van der Waals surface area contributed by atoms with Crippen molar-refractivity contribution >= 4 is 16.6 Å². The Balaban J connectivity index is 0.00000192. The standard InChI is InChI=1S/C19H13FN6O.H2O/c20-13-5-7-14(8-6-13)25-19(27)18-16(11-24-10-9-21-12-24)22-15-3-1-2-4-17(15)26(18)23-25;/h1-10,12H,11H2;1H2. The molecule has 0 radical (unpaired) electrons. The topological polar surface area (TPSA) is 103 Å². The molecular formula is C19H15FN6O2. The minimum atomic E-state index is -0.351. The normalized spacial score (nSPS) is 11.0. The van der Waals surface area contributed by atoms with Gasteiger partial charge in [0.05, 0.1) is 12.9 Å². The van der Waals surface area contributed by atoms with E-state index in [0.29, 0.717) is 23.4 Å². The van der Waals surface area contributed by atoms with Gasteiger partial charge in [-0.2, -0.15) is 0 Å². The Morgan fingerprint density at radius 3 is 2.61 bits per heavy atom. The van der Waals surface area contributed by atoms with Crippen LogP contribution in [0, 0.1) is 5.82 Å². The fourth-order valence-electron chi connectivity index (χ4n) is 3.15. The van der Waals surface area contributed by atoms with Crippen LogP contribution in [0.5, 0.6) is 5.88 Å². The first-order valence-electron chi connectivity index (χ1n) is 8.34. The molecule has 5 rings (SSSR count). The lowest BCUT2D eigenvalue weighted by Crippen LogP contribution is -2.28. The summed E-state index contributed by atoms with van der Waals surface area (Å²) in [5.74, 6) is -0.412. The highest BCUT2D eigenvalue weighted by Gasteiger charge is 2.27. The first-order valence-corrected chi connectivity index (χ1v) is 8.34. The van der Waals surface area contributed by atoms with Crippen LogP contribution in [0.3, 0.4) is 0 Å². The van der Waals surface area contributed by atoms with Crippen molar-refractivity contribution < 1.29 is 19.5 Å². The minimum absolute atomic E-state index is 0. The Labute approximate surface area is 158 Å². The van der Waals surface area contributed by atoms with Crippen LogP contribution in [0.1, 0.15) is 5.69 Å². The fourth-order valence-corrected chi connectivity index (χ4v) is 3.15. The number of fused-ring (bicyclic) bond motifs is 3. The van der Waals surface area contributed by atoms with E-state index in [-0.39, 0.29) is 17.2 Å². The van der Waals surface area contributed by atoms with Crippen LogP contribution in [0.2, 0.25) is 0 Å². The Hall–Kier alpha value is -3.85. The van der Waals surface area contributed by atoms with Crippen molar-refractivity contribution in [1.29, 1.82) is 0 Å². The molecule has 2 N–H and O–H groups in total. The molecule has 0 aliphatic carbocycles. The SMILES string of the molecule is Oc1c2c(Cn3ccnc3)nc3ccccc3[n+]2nn1-c1ccc(F)cc1.[OH-]. The van der Waals surface area contributed by atoms with Gasteiger partial charge in [-0.1, -0.05) is 21.3 Å². The molecule has 9 heteroatoms. The Bertz CT molecular complexity index is 1270. The zero-order chi connectivity index (χ0) is 18.4. The van der Waals surface area contributed by atoms with E-state index in [0.717, 1.165) is 11.0 Å². The van der Waals surface area contributed by atoms with Gasteiger partial charge in [-0.05, 0) is 36.4 Å². The molecule has 0 spiro atoms. The maximum atomic E-state index is 13.3. The number of halogens is 1. The molecule has 3 aromatic heterocycles. The van der Waals surface area contributed by atoms with E-state index in [1.165, 1.54) is 16.8 Å². The molecule has 0 aliphatic heterocycles. The van der Waals surface area contributed by atoms with Crippen LogP contribution in [0.4, 0.5) is 4.39 Å². The summed E-state index contributed by atoms with van der Waals surface area (Å²) >= 11 is 0. The van der Waals surface area contributed by atoms with Crippen LogP contribution in [0.15, 0.2) is 67.3 Å². The van der Waals surface area contributed by atoms with Gasteiger partial charge in [0, 0.05) is 12.4 Å². The molecule has 5 aromatic rings. The average Bonchev–Trinajstić information content (AvgIpc) is 3.31. The molecule has 0 bridgehead atoms. The summed E-state index contributed by atoms with van der Waals surface area (Å²) < 4.78 is 18.2. The summed E-state index contributed by atoms with van der Waals surface area (Å²) in [4.78, 5) is 8.77. The summed E-state index contributed by atoms with van der Waals surface area (Å²) in [7, 11) is 0. The molecule has 8 nitrogen and oxygen atoms in total. The van der Waals surface area contributed by atoms with E-state index in [4.69, 9.17) is 4.98 Å². The number of benzene rings is 2. The highest BCUT2D eigenvalue weighted by molar-refractivity contribution is 5.74. The van der Waals surface area contributed by atoms with Crippen molar-refractivity contribution in [2.24, 2.45) is 0 Å². The van der Waals surface area contributed by atoms with Gasteiger partial charge in [0.25, 0.3) is 5.52 Å². The molecule has 2 aromatic carbocycles. The molecule has 28 heavy (non-hydrogen) atoms. The summed E-state index contributed by atoms with van der Waals surface area (Å²) in [6.45, 7) is 0.428. The Morgan fingerprint density at radius 2 is 1.86 bits per heavy atom. The molecule has 0 amide bonds. The number of aromatic nitrogens is 6. The van der Waals surface area contributed by atoms with Crippen molar-refractivity contribution in [3.63, 3.8) is 0 Å². The number of rotatable bonds is 3. The number of nitrogens with zero attached hydrogens (tertiary/aromatic N) is 6. The maximum absolute atomic E-state index is 13.3. The number of aromatic hydroxyl groups is 1. The lowest BCUT2D eigenvalue weighted by Gasteiger charge is -2.03. The van der Waals surface area contributed by atoms with E-state index >= 15 is 0 Å². The van der Waals surface area contributed by atoms with Crippen LogP contribution in [0.25, 0.3) is 22.2 Å². The van der Waals surface area contributed by atoms with Crippen molar-refractivity contribution in [1.82, 2.24) is 24.4 Å². The van der Waals surface area contributed by atoms with Crippen molar-refractivity contribution in [2.45, 2.75) is 6.54 Å². The molecule has 0 saturated heterocycles. The first kappa shape index (κ1) is 17.6. The number of hydrogen-bond donors (Lipinski definition) is 1. The summed E-state index contributed by atoms with van der Waals surface area (Å²) in [6, 6.07) is 13.4. The highest BCUT2D eigenvalue weighted by atomic mass is 19.1. The summed E-state index contributed by atoms with van der Waals surface area (Å²) in [5, 5.41) is 15.4. The zero-order valence-corrected chi connectivity index (χ0v) is 14.5. The largest absolute Gasteiger partial charge is 0.870 e. The van der Waals surface area contributed by atoms with Gasteiger partial charge in [-0.15, -0.1) is 0 Å². The molecule has 3 heterocycles. The van der Waals surface area contributed by atoms with Crippen molar-refractivity contribution in [3.05, 3.63) is 78.8 Å². The van der Waals surface area contributed by atoms with Crippen LogP contribution >= 0.6 is 0 Å². The van der Waals surface area contributed by atoms with Crippen molar-refractivity contribution in [2.75, 3.05) is 0 Å². The zero-order valence-electron chi connectivity index (χ0n) is 14.5. The first-order chi connectivity index (χ1) is 13.2. The van der Waals surface area contributed by atoms with Gasteiger partial charge < -0.3 is 15.1 Å².